The summed E-state index contributed by atoms with van der Waals surface area (Å²) in [6.45, 7) is 1.38. The number of hydrogen-bond donors (Lipinski definition) is 1. The molecule has 0 spiro atoms. The summed E-state index contributed by atoms with van der Waals surface area (Å²) in [7, 11) is 1.57. The highest BCUT2D eigenvalue weighted by atomic mass is 35.5. The van der Waals surface area contributed by atoms with Gasteiger partial charge < -0.3 is 15.0 Å². The van der Waals surface area contributed by atoms with Gasteiger partial charge in [0.15, 0.2) is 0 Å². The van der Waals surface area contributed by atoms with Crippen molar-refractivity contribution in [3.05, 3.63) is 35.6 Å². The van der Waals surface area contributed by atoms with E-state index in [4.69, 9.17) is 16.3 Å². The maximum atomic E-state index is 12.5. The van der Waals surface area contributed by atoms with Crippen molar-refractivity contribution >= 4 is 29.3 Å². The third-order valence-corrected chi connectivity index (χ3v) is 4.10. The maximum Gasteiger partial charge on any atom is 0.230 e. The van der Waals surface area contributed by atoms with E-state index >= 15 is 0 Å². The van der Waals surface area contributed by atoms with Gasteiger partial charge in [-0.3, -0.25) is 4.79 Å². The third kappa shape index (κ3) is 3.91. The molecule has 1 aliphatic heterocycles. The Balaban J connectivity index is 1.66. The van der Waals surface area contributed by atoms with Crippen LogP contribution in [-0.2, 0) is 4.79 Å². The van der Waals surface area contributed by atoms with Gasteiger partial charge in [0.1, 0.15) is 5.82 Å². The molecule has 1 atom stereocenters. The van der Waals surface area contributed by atoms with E-state index in [1.807, 2.05) is 4.90 Å². The molecule has 0 bridgehead atoms. The molecule has 1 N–H and O–H groups in total. The molecule has 1 amide bonds. The van der Waals surface area contributed by atoms with E-state index in [1.165, 1.54) is 6.20 Å². The van der Waals surface area contributed by atoms with E-state index in [0.717, 1.165) is 19.4 Å². The molecule has 1 fully saturated rings. The van der Waals surface area contributed by atoms with Crippen LogP contribution in [0.1, 0.15) is 12.8 Å². The van der Waals surface area contributed by atoms with Crippen LogP contribution in [0.15, 0.2) is 30.6 Å². The van der Waals surface area contributed by atoms with E-state index in [0.29, 0.717) is 29.2 Å². The lowest BCUT2D eigenvalue weighted by atomic mass is 9.97. The van der Waals surface area contributed by atoms with Gasteiger partial charge in [-0.05, 0) is 25.0 Å². The van der Waals surface area contributed by atoms with Gasteiger partial charge in [-0.2, -0.15) is 4.98 Å². The zero-order chi connectivity index (χ0) is 16.9. The monoisotopic (exact) mass is 347 g/mol. The van der Waals surface area contributed by atoms with Gasteiger partial charge in [-0.25, -0.2) is 9.97 Å². The number of methoxy groups -OCH3 is 1. The first kappa shape index (κ1) is 16.4. The molecule has 3 rings (SSSR count). The van der Waals surface area contributed by atoms with Gasteiger partial charge in [0.2, 0.25) is 17.7 Å². The molecular formula is C16H18ClN5O2. The van der Waals surface area contributed by atoms with Gasteiger partial charge in [-0.15, -0.1) is 0 Å². The van der Waals surface area contributed by atoms with E-state index < -0.39 is 0 Å². The Morgan fingerprint density at radius 1 is 1.38 bits per heavy atom. The minimum absolute atomic E-state index is 0.0579. The summed E-state index contributed by atoms with van der Waals surface area (Å²) in [6, 6.07) is 5.08. The minimum Gasteiger partial charge on any atom is -0.481 e. The number of ether oxygens (including phenoxy) is 1. The number of carbonyl (C=O) groups is 1. The van der Waals surface area contributed by atoms with E-state index in [1.54, 1.807) is 31.5 Å². The summed E-state index contributed by atoms with van der Waals surface area (Å²) < 4.78 is 5.13. The highest BCUT2D eigenvalue weighted by molar-refractivity contribution is 6.30. The molecule has 0 radical (unpaired) electrons. The summed E-state index contributed by atoms with van der Waals surface area (Å²) in [5.41, 5.74) is 0. The second kappa shape index (κ2) is 7.44. The molecule has 126 valence electrons. The fraction of sp³-hybridized carbons (Fsp3) is 0.375. The van der Waals surface area contributed by atoms with Crippen molar-refractivity contribution in [2.24, 2.45) is 5.92 Å². The van der Waals surface area contributed by atoms with Crippen molar-refractivity contribution in [3.8, 4) is 5.88 Å². The molecule has 0 aromatic carbocycles. The SMILES string of the molecule is COc1ccnc(N2CCCC(C(=O)Nc3ccc(Cl)cn3)C2)n1. The van der Waals surface area contributed by atoms with Crippen molar-refractivity contribution in [2.75, 3.05) is 30.4 Å². The largest absolute Gasteiger partial charge is 0.481 e. The number of carbonyl (C=O) groups excluding carboxylic acids is 1. The number of hydrogen-bond acceptors (Lipinski definition) is 6. The standard InChI is InChI=1S/C16H18ClN5O2/c1-24-14-6-7-18-16(21-14)22-8-2-3-11(10-22)15(23)20-13-5-4-12(17)9-19-13/h4-7,9,11H,2-3,8,10H2,1H3,(H,19,20,23). The first-order valence-electron chi connectivity index (χ1n) is 7.70. The Kier molecular flexibility index (Phi) is 5.10. The summed E-state index contributed by atoms with van der Waals surface area (Å²) >= 11 is 5.80. The van der Waals surface area contributed by atoms with Gasteiger partial charge in [0.25, 0.3) is 0 Å². The highest BCUT2D eigenvalue weighted by Crippen LogP contribution is 2.22. The van der Waals surface area contributed by atoms with Crippen molar-refractivity contribution in [1.82, 2.24) is 15.0 Å². The molecule has 1 aliphatic rings. The molecule has 2 aromatic heterocycles. The molecule has 8 heteroatoms. The maximum absolute atomic E-state index is 12.5. The number of amides is 1. The van der Waals surface area contributed by atoms with Crippen LogP contribution in [0.5, 0.6) is 5.88 Å². The average molecular weight is 348 g/mol. The number of halogens is 1. The van der Waals surface area contributed by atoms with E-state index in [2.05, 4.69) is 20.3 Å². The van der Waals surface area contributed by atoms with Crippen LogP contribution in [-0.4, -0.2) is 41.1 Å². The Hall–Kier alpha value is -2.41. The number of nitrogens with zero attached hydrogens (tertiary/aromatic N) is 4. The van der Waals surface area contributed by atoms with Crippen LogP contribution in [0.2, 0.25) is 5.02 Å². The van der Waals surface area contributed by atoms with Crippen LogP contribution in [0.25, 0.3) is 0 Å². The smallest absolute Gasteiger partial charge is 0.230 e. The summed E-state index contributed by atoms with van der Waals surface area (Å²) in [4.78, 5) is 27.2. The number of nitrogens with one attached hydrogen (secondary N) is 1. The van der Waals surface area contributed by atoms with Crippen LogP contribution < -0.4 is 15.0 Å². The molecule has 2 aromatic rings. The predicted molar refractivity (Wildman–Crippen MR) is 91.4 cm³/mol. The first-order chi connectivity index (χ1) is 11.7. The van der Waals surface area contributed by atoms with Gasteiger partial charge in [0, 0.05) is 31.5 Å². The zero-order valence-corrected chi connectivity index (χ0v) is 14.0. The topological polar surface area (TPSA) is 80.2 Å². The van der Waals surface area contributed by atoms with Gasteiger partial charge in [-0.1, -0.05) is 11.6 Å². The lowest BCUT2D eigenvalue weighted by Crippen LogP contribution is -2.41. The Bertz CT molecular complexity index is 710. The van der Waals surface area contributed by atoms with Crippen LogP contribution in [0.4, 0.5) is 11.8 Å². The van der Waals surface area contributed by atoms with Crippen molar-refractivity contribution < 1.29 is 9.53 Å². The molecule has 3 heterocycles. The number of rotatable bonds is 4. The van der Waals surface area contributed by atoms with Crippen molar-refractivity contribution in [3.63, 3.8) is 0 Å². The fourth-order valence-corrected chi connectivity index (χ4v) is 2.76. The van der Waals surface area contributed by atoms with Gasteiger partial charge >= 0.3 is 0 Å². The van der Waals surface area contributed by atoms with Crippen LogP contribution in [0, 0.1) is 5.92 Å². The Labute approximate surface area is 145 Å². The molecular weight excluding hydrogens is 330 g/mol. The molecule has 1 saturated heterocycles. The molecule has 7 nitrogen and oxygen atoms in total. The quantitative estimate of drug-likeness (QED) is 0.914. The zero-order valence-electron chi connectivity index (χ0n) is 13.3. The fourth-order valence-electron chi connectivity index (χ4n) is 2.65. The lowest BCUT2D eigenvalue weighted by molar-refractivity contribution is -0.120. The minimum atomic E-state index is -0.147. The average Bonchev–Trinajstić information content (AvgIpc) is 2.64. The van der Waals surface area contributed by atoms with Crippen LogP contribution >= 0.6 is 11.6 Å². The van der Waals surface area contributed by atoms with Gasteiger partial charge in [0.05, 0.1) is 18.1 Å². The molecule has 0 aliphatic carbocycles. The van der Waals surface area contributed by atoms with Crippen molar-refractivity contribution in [2.45, 2.75) is 12.8 Å². The Morgan fingerprint density at radius 2 is 2.25 bits per heavy atom. The number of piperidine rings is 1. The molecule has 24 heavy (non-hydrogen) atoms. The summed E-state index contributed by atoms with van der Waals surface area (Å²) in [6.07, 6.45) is 4.88. The predicted octanol–water partition coefficient (Wildman–Crippen LogP) is 2.39. The second-order valence-corrected chi connectivity index (χ2v) is 5.97. The highest BCUT2D eigenvalue weighted by Gasteiger charge is 2.27. The lowest BCUT2D eigenvalue weighted by Gasteiger charge is -2.31. The molecule has 0 saturated carbocycles. The summed E-state index contributed by atoms with van der Waals surface area (Å²) in [5.74, 6) is 1.39. The number of anilines is 2. The third-order valence-electron chi connectivity index (χ3n) is 3.88. The molecule has 1 unspecified atom stereocenters. The normalized spacial score (nSPS) is 17.4. The van der Waals surface area contributed by atoms with E-state index in [-0.39, 0.29) is 11.8 Å². The van der Waals surface area contributed by atoms with E-state index in [9.17, 15) is 4.79 Å². The van der Waals surface area contributed by atoms with Crippen LogP contribution in [0.3, 0.4) is 0 Å². The Morgan fingerprint density at radius 3 is 3.00 bits per heavy atom. The summed E-state index contributed by atoms with van der Waals surface area (Å²) in [5, 5.41) is 3.37. The first-order valence-corrected chi connectivity index (χ1v) is 8.08. The number of pyridine rings is 1. The van der Waals surface area contributed by atoms with Crippen molar-refractivity contribution in [1.29, 1.82) is 0 Å². The number of aromatic nitrogens is 3. The second-order valence-electron chi connectivity index (χ2n) is 5.54.